The smallest absolute Gasteiger partial charge is 0.128 e. The van der Waals surface area contributed by atoms with Crippen molar-refractivity contribution in [3.05, 3.63) is 85.1 Å². The topological polar surface area (TPSA) is 44.2 Å². The SMILES string of the molecule is COc1ccccc1-c1ccc(-c2cccc(-c3ccccc3OC)n2)nc1. The number of methoxy groups -OCH3 is 2. The van der Waals surface area contributed by atoms with Crippen LogP contribution in [0.15, 0.2) is 85.1 Å². The van der Waals surface area contributed by atoms with E-state index < -0.39 is 0 Å². The molecule has 0 aliphatic carbocycles. The van der Waals surface area contributed by atoms with Crippen LogP contribution in [-0.2, 0) is 0 Å². The van der Waals surface area contributed by atoms with Crippen LogP contribution in [-0.4, -0.2) is 24.2 Å². The minimum absolute atomic E-state index is 0.798. The zero-order valence-corrected chi connectivity index (χ0v) is 15.8. The van der Waals surface area contributed by atoms with E-state index in [0.717, 1.165) is 45.3 Å². The molecule has 2 heterocycles. The fraction of sp³-hybridized carbons (Fsp3) is 0.0833. The third kappa shape index (κ3) is 3.45. The van der Waals surface area contributed by atoms with Crippen LogP contribution < -0.4 is 9.47 Å². The molecule has 4 nitrogen and oxygen atoms in total. The summed E-state index contributed by atoms with van der Waals surface area (Å²) in [6, 6.07) is 25.7. The Balaban J connectivity index is 1.69. The summed E-state index contributed by atoms with van der Waals surface area (Å²) in [5.74, 6) is 1.62. The van der Waals surface area contributed by atoms with Gasteiger partial charge in [0.2, 0.25) is 0 Å². The molecule has 0 N–H and O–H groups in total. The van der Waals surface area contributed by atoms with Crippen LogP contribution in [0.1, 0.15) is 0 Å². The number of ether oxygens (including phenoxy) is 2. The van der Waals surface area contributed by atoms with E-state index in [1.54, 1.807) is 14.2 Å². The molecule has 0 fully saturated rings. The van der Waals surface area contributed by atoms with Crippen LogP contribution in [0.5, 0.6) is 11.5 Å². The predicted molar refractivity (Wildman–Crippen MR) is 111 cm³/mol. The van der Waals surface area contributed by atoms with Gasteiger partial charge in [-0.25, -0.2) is 4.98 Å². The van der Waals surface area contributed by atoms with Crippen molar-refractivity contribution < 1.29 is 9.47 Å². The van der Waals surface area contributed by atoms with Crippen LogP contribution in [0.2, 0.25) is 0 Å². The van der Waals surface area contributed by atoms with Crippen molar-refractivity contribution in [2.75, 3.05) is 14.2 Å². The maximum absolute atomic E-state index is 5.46. The maximum atomic E-state index is 5.46. The Morgan fingerprint density at radius 1 is 0.571 bits per heavy atom. The summed E-state index contributed by atoms with van der Waals surface area (Å²) < 4.78 is 10.9. The average molecular weight is 368 g/mol. The fourth-order valence-corrected chi connectivity index (χ4v) is 3.17. The molecule has 4 aromatic rings. The van der Waals surface area contributed by atoms with E-state index in [4.69, 9.17) is 14.5 Å². The normalized spacial score (nSPS) is 10.5. The summed E-state index contributed by atoms with van der Waals surface area (Å²) >= 11 is 0. The molecular weight excluding hydrogens is 348 g/mol. The zero-order chi connectivity index (χ0) is 19.3. The highest BCUT2D eigenvalue weighted by atomic mass is 16.5. The summed E-state index contributed by atoms with van der Waals surface area (Å²) in [6.07, 6.45) is 1.85. The summed E-state index contributed by atoms with van der Waals surface area (Å²) in [7, 11) is 3.34. The van der Waals surface area contributed by atoms with Crippen molar-refractivity contribution in [1.29, 1.82) is 0 Å². The Hall–Kier alpha value is -3.66. The van der Waals surface area contributed by atoms with Gasteiger partial charge < -0.3 is 9.47 Å². The van der Waals surface area contributed by atoms with Crippen molar-refractivity contribution in [3.63, 3.8) is 0 Å². The quantitative estimate of drug-likeness (QED) is 0.467. The highest BCUT2D eigenvalue weighted by Crippen LogP contribution is 2.31. The lowest BCUT2D eigenvalue weighted by Gasteiger charge is -2.10. The Morgan fingerprint density at radius 3 is 1.89 bits per heavy atom. The molecule has 0 spiro atoms. The first-order valence-electron chi connectivity index (χ1n) is 9.00. The van der Waals surface area contributed by atoms with Crippen LogP contribution in [0.4, 0.5) is 0 Å². The van der Waals surface area contributed by atoms with Gasteiger partial charge in [0.25, 0.3) is 0 Å². The largest absolute Gasteiger partial charge is 0.496 e. The van der Waals surface area contributed by atoms with Gasteiger partial charge in [0.05, 0.1) is 31.3 Å². The second-order valence-corrected chi connectivity index (χ2v) is 6.24. The fourth-order valence-electron chi connectivity index (χ4n) is 3.17. The average Bonchev–Trinajstić information content (AvgIpc) is 2.79. The number of aromatic nitrogens is 2. The van der Waals surface area contributed by atoms with Gasteiger partial charge in [0.15, 0.2) is 0 Å². The number of hydrogen-bond acceptors (Lipinski definition) is 4. The van der Waals surface area contributed by atoms with Crippen molar-refractivity contribution >= 4 is 0 Å². The number of pyridine rings is 2. The van der Waals surface area contributed by atoms with Crippen LogP contribution in [0.25, 0.3) is 33.8 Å². The van der Waals surface area contributed by atoms with Gasteiger partial charge >= 0.3 is 0 Å². The standard InChI is InChI=1S/C24H20N2O2/c1-27-23-12-5-3-8-18(23)17-14-15-21(25-16-17)22-11-7-10-20(26-22)19-9-4-6-13-24(19)28-2/h3-16H,1-2H3. The lowest BCUT2D eigenvalue weighted by atomic mass is 10.1. The highest BCUT2D eigenvalue weighted by molar-refractivity contribution is 5.72. The first-order chi connectivity index (χ1) is 13.8. The molecule has 0 saturated carbocycles. The Bertz CT molecular complexity index is 1090. The van der Waals surface area contributed by atoms with Gasteiger partial charge in [-0.3, -0.25) is 4.98 Å². The molecule has 2 aromatic carbocycles. The van der Waals surface area contributed by atoms with Crippen LogP contribution in [0.3, 0.4) is 0 Å². The van der Waals surface area contributed by atoms with E-state index in [1.807, 2.05) is 85.1 Å². The second kappa shape index (κ2) is 7.92. The van der Waals surface area contributed by atoms with E-state index in [2.05, 4.69) is 4.98 Å². The predicted octanol–water partition coefficient (Wildman–Crippen LogP) is 5.49. The molecule has 0 aliphatic heterocycles. The molecule has 0 atom stereocenters. The molecule has 0 radical (unpaired) electrons. The Kier molecular flexibility index (Phi) is 5.02. The molecule has 138 valence electrons. The number of nitrogens with zero attached hydrogens (tertiary/aromatic N) is 2. The van der Waals surface area contributed by atoms with E-state index in [0.29, 0.717) is 0 Å². The third-order valence-corrected chi connectivity index (χ3v) is 4.58. The molecule has 0 amide bonds. The number of para-hydroxylation sites is 2. The van der Waals surface area contributed by atoms with Gasteiger partial charge in [-0.05, 0) is 36.4 Å². The van der Waals surface area contributed by atoms with Crippen LogP contribution in [0, 0.1) is 0 Å². The van der Waals surface area contributed by atoms with Crippen LogP contribution >= 0.6 is 0 Å². The molecule has 0 aliphatic rings. The van der Waals surface area contributed by atoms with Crippen molar-refractivity contribution in [2.45, 2.75) is 0 Å². The maximum Gasteiger partial charge on any atom is 0.128 e. The van der Waals surface area contributed by atoms with Gasteiger partial charge in [0.1, 0.15) is 11.5 Å². The molecule has 0 saturated heterocycles. The zero-order valence-electron chi connectivity index (χ0n) is 15.8. The molecule has 28 heavy (non-hydrogen) atoms. The second-order valence-electron chi connectivity index (χ2n) is 6.24. The summed E-state index contributed by atoms with van der Waals surface area (Å²) in [5.41, 5.74) is 5.45. The lowest BCUT2D eigenvalue weighted by molar-refractivity contribution is 0.416. The van der Waals surface area contributed by atoms with E-state index in [-0.39, 0.29) is 0 Å². The molecule has 2 aromatic heterocycles. The van der Waals surface area contributed by atoms with E-state index >= 15 is 0 Å². The van der Waals surface area contributed by atoms with Crippen molar-refractivity contribution in [1.82, 2.24) is 9.97 Å². The lowest BCUT2D eigenvalue weighted by Crippen LogP contribution is -1.93. The molecule has 4 rings (SSSR count). The first kappa shape index (κ1) is 17.7. The molecular formula is C24H20N2O2. The van der Waals surface area contributed by atoms with Crippen molar-refractivity contribution in [2.24, 2.45) is 0 Å². The van der Waals surface area contributed by atoms with E-state index in [9.17, 15) is 0 Å². The highest BCUT2D eigenvalue weighted by Gasteiger charge is 2.10. The molecule has 0 bridgehead atoms. The molecule has 0 unspecified atom stereocenters. The number of benzene rings is 2. The summed E-state index contributed by atoms with van der Waals surface area (Å²) in [4.78, 5) is 9.42. The number of hydrogen-bond donors (Lipinski definition) is 0. The molecule has 4 heteroatoms. The Labute approximate surface area is 164 Å². The first-order valence-corrected chi connectivity index (χ1v) is 9.00. The van der Waals surface area contributed by atoms with Gasteiger partial charge in [0, 0.05) is 22.9 Å². The Morgan fingerprint density at radius 2 is 1.21 bits per heavy atom. The van der Waals surface area contributed by atoms with Gasteiger partial charge in [-0.15, -0.1) is 0 Å². The van der Waals surface area contributed by atoms with Gasteiger partial charge in [-0.2, -0.15) is 0 Å². The van der Waals surface area contributed by atoms with Crippen molar-refractivity contribution in [3.8, 4) is 45.3 Å². The monoisotopic (exact) mass is 368 g/mol. The third-order valence-electron chi connectivity index (χ3n) is 4.58. The minimum Gasteiger partial charge on any atom is -0.496 e. The van der Waals surface area contributed by atoms with Gasteiger partial charge in [-0.1, -0.05) is 42.5 Å². The van der Waals surface area contributed by atoms with E-state index in [1.165, 1.54) is 0 Å². The summed E-state index contributed by atoms with van der Waals surface area (Å²) in [6.45, 7) is 0. The number of rotatable bonds is 5. The minimum atomic E-state index is 0.798. The summed E-state index contributed by atoms with van der Waals surface area (Å²) in [5, 5.41) is 0.